The van der Waals surface area contributed by atoms with Gasteiger partial charge in [0.1, 0.15) is 0 Å². The average molecular weight is 283 g/mol. The SMILES string of the molecule is O=C(NCCSCc1ccsc1)c1ccsc1. The van der Waals surface area contributed by atoms with Crippen LogP contribution in [0, 0.1) is 0 Å². The lowest BCUT2D eigenvalue weighted by molar-refractivity contribution is 0.0956. The molecular weight excluding hydrogens is 270 g/mol. The Morgan fingerprint density at radius 1 is 1.24 bits per heavy atom. The molecule has 1 N–H and O–H groups in total. The van der Waals surface area contributed by atoms with Crippen LogP contribution in [0.3, 0.4) is 0 Å². The minimum Gasteiger partial charge on any atom is -0.351 e. The molecule has 90 valence electrons. The van der Waals surface area contributed by atoms with Crippen LogP contribution in [0.15, 0.2) is 33.7 Å². The van der Waals surface area contributed by atoms with Gasteiger partial charge in [0.2, 0.25) is 0 Å². The van der Waals surface area contributed by atoms with Crippen LogP contribution in [-0.2, 0) is 5.75 Å². The zero-order valence-corrected chi connectivity index (χ0v) is 11.7. The van der Waals surface area contributed by atoms with E-state index in [2.05, 4.69) is 22.1 Å². The summed E-state index contributed by atoms with van der Waals surface area (Å²) in [6, 6.07) is 3.99. The van der Waals surface area contributed by atoms with E-state index in [1.54, 1.807) is 22.7 Å². The topological polar surface area (TPSA) is 29.1 Å². The van der Waals surface area contributed by atoms with E-state index in [1.165, 1.54) is 5.56 Å². The van der Waals surface area contributed by atoms with Gasteiger partial charge in [-0.1, -0.05) is 0 Å². The lowest BCUT2D eigenvalue weighted by Crippen LogP contribution is -2.25. The van der Waals surface area contributed by atoms with Crippen LogP contribution in [0.1, 0.15) is 15.9 Å². The molecular formula is C12H13NOS3. The number of thiophene rings is 2. The normalized spacial score (nSPS) is 10.4. The smallest absolute Gasteiger partial charge is 0.252 e. The van der Waals surface area contributed by atoms with E-state index in [0.717, 1.165) is 23.6 Å². The highest BCUT2D eigenvalue weighted by Crippen LogP contribution is 2.14. The molecule has 0 saturated carbocycles. The molecule has 1 amide bonds. The van der Waals surface area contributed by atoms with Crippen LogP contribution >= 0.6 is 34.4 Å². The summed E-state index contributed by atoms with van der Waals surface area (Å²) in [5.74, 6) is 2.01. The van der Waals surface area contributed by atoms with Crippen molar-refractivity contribution in [1.29, 1.82) is 0 Å². The third-order valence-corrected chi connectivity index (χ3v) is 4.61. The first kappa shape index (κ1) is 12.7. The maximum atomic E-state index is 11.6. The first-order chi connectivity index (χ1) is 8.36. The first-order valence-corrected chi connectivity index (χ1v) is 8.29. The van der Waals surface area contributed by atoms with Crippen LogP contribution in [0.5, 0.6) is 0 Å². The highest BCUT2D eigenvalue weighted by molar-refractivity contribution is 7.98. The Balaban J connectivity index is 1.59. The molecule has 2 nitrogen and oxygen atoms in total. The molecule has 0 aliphatic carbocycles. The second-order valence-electron chi connectivity index (χ2n) is 3.45. The molecule has 0 unspecified atom stereocenters. The van der Waals surface area contributed by atoms with Crippen molar-refractivity contribution in [2.24, 2.45) is 0 Å². The molecule has 2 rings (SSSR count). The Morgan fingerprint density at radius 2 is 2.06 bits per heavy atom. The summed E-state index contributed by atoms with van der Waals surface area (Å²) in [6.07, 6.45) is 0. The Morgan fingerprint density at radius 3 is 2.76 bits per heavy atom. The Hall–Kier alpha value is -0.780. The summed E-state index contributed by atoms with van der Waals surface area (Å²) >= 11 is 5.11. The van der Waals surface area contributed by atoms with Crippen LogP contribution in [-0.4, -0.2) is 18.2 Å². The number of rotatable bonds is 6. The number of carbonyl (C=O) groups is 1. The van der Waals surface area contributed by atoms with Crippen molar-refractivity contribution in [1.82, 2.24) is 5.32 Å². The summed E-state index contributed by atoms with van der Waals surface area (Å²) < 4.78 is 0. The maximum absolute atomic E-state index is 11.6. The third kappa shape index (κ3) is 4.18. The van der Waals surface area contributed by atoms with Gasteiger partial charge >= 0.3 is 0 Å². The minimum atomic E-state index is 0.0300. The predicted molar refractivity (Wildman–Crippen MR) is 77.1 cm³/mol. The van der Waals surface area contributed by atoms with E-state index in [4.69, 9.17) is 0 Å². The Kier molecular flexibility index (Phi) is 5.09. The molecule has 2 heterocycles. The zero-order chi connectivity index (χ0) is 11.9. The van der Waals surface area contributed by atoms with Gasteiger partial charge in [0.05, 0.1) is 0 Å². The van der Waals surface area contributed by atoms with Crippen LogP contribution < -0.4 is 5.32 Å². The number of hydrogen-bond acceptors (Lipinski definition) is 4. The fraction of sp³-hybridized carbons (Fsp3) is 0.250. The lowest BCUT2D eigenvalue weighted by Gasteiger charge is -2.03. The van der Waals surface area contributed by atoms with Gasteiger partial charge in [-0.15, -0.1) is 0 Å². The standard InChI is InChI=1S/C12H13NOS3/c14-12(11-2-5-16-9-11)13-3-6-17-8-10-1-4-15-7-10/h1-2,4-5,7,9H,3,6,8H2,(H,13,14). The van der Waals surface area contributed by atoms with Crippen molar-refractivity contribution in [3.05, 3.63) is 44.8 Å². The molecule has 0 bridgehead atoms. The van der Waals surface area contributed by atoms with Gasteiger partial charge in [-0.3, -0.25) is 4.79 Å². The van der Waals surface area contributed by atoms with Gasteiger partial charge in [-0.2, -0.15) is 34.4 Å². The van der Waals surface area contributed by atoms with Crippen molar-refractivity contribution in [3.8, 4) is 0 Å². The summed E-state index contributed by atoms with van der Waals surface area (Å²) in [4.78, 5) is 11.6. The van der Waals surface area contributed by atoms with E-state index in [0.29, 0.717) is 0 Å². The molecule has 0 atom stereocenters. The summed E-state index contributed by atoms with van der Waals surface area (Å²) in [7, 11) is 0. The number of thioether (sulfide) groups is 1. The highest BCUT2D eigenvalue weighted by Gasteiger charge is 2.03. The summed E-state index contributed by atoms with van der Waals surface area (Å²) in [6.45, 7) is 0.726. The maximum Gasteiger partial charge on any atom is 0.252 e. The number of carbonyl (C=O) groups excluding carboxylic acids is 1. The van der Waals surface area contributed by atoms with Crippen LogP contribution in [0.2, 0.25) is 0 Å². The van der Waals surface area contributed by atoms with Crippen molar-refractivity contribution < 1.29 is 4.79 Å². The van der Waals surface area contributed by atoms with Crippen molar-refractivity contribution in [2.45, 2.75) is 5.75 Å². The van der Waals surface area contributed by atoms with Crippen molar-refractivity contribution in [3.63, 3.8) is 0 Å². The highest BCUT2D eigenvalue weighted by atomic mass is 32.2. The Bertz CT molecular complexity index is 436. The molecule has 2 aromatic rings. The third-order valence-electron chi connectivity index (χ3n) is 2.16. The van der Waals surface area contributed by atoms with E-state index in [1.807, 2.05) is 28.6 Å². The number of nitrogens with one attached hydrogen (secondary N) is 1. The van der Waals surface area contributed by atoms with Gasteiger partial charge in [0, 0.05) is 29.0 Å². The molecule has 0 fully saturated rings. The molecule has 2 aromatic heterocycles. The second kappa shape index (κ2) is 6.83. The van der Waals surface area contributed by atoms with Gasteiger partial charge in [0.15, 0.2) is 0 Å². The van der Waals surface area contributed by atoms with Crippen LogP contribution in [0.25, 0.3) is 0 Å². The molecule has 0 spiro atoms. The molecule has 0 aromatic carbocycles. The predicted octanol–water partition coefficient (Wildman–Crippen LogP) is 3.47. The average Bonchev–Trinajstić information content (AvgIpc) is 3.01. The molecule has 0 aliphatic heterocycles. The second-order valence-corrected chi connectivity index (χ2v) is 6.12. The molecule has 17 heavy (non-hydrogen) atoms. The zero-order valence-electron chi connectivity index (χ0n) is 9.22. The Labute approximate surface area is 113 Å². The van der Waals surface area contributed by atoms with Gasteiger partial charge in [0.25, 0.3) is 5.91 Å². The summed E-state index contributed by atoms with van der Waals surface area (Å²) in [5.41, 5.74) is 2.13. The molecule has 0 radical (unpaired) electrons. The van der Waals surface area contributed by atoms with E-state index in [-0.39, 0.29) is 5.91 Å². The van der Waals surface area contributed by atoms with E-state index >= 15 is 0 Å². The van der Waals surface area contributed by atoms with E-state index in [9.17, 15) is 4.79 Å². The quantitative estimate of drug-likeness (QED) is 0.822. The van der Waals surface area contributed by atoms with E-state index < -0.39 is 0 Å². The molecule has 0 aliphatic rings. The number of amides is 1. The molecule has 5 heteroatoms. The van der Waals surface area contributed by atoms with Crippen molar-refractivity contribution in [2.75, 3.05) is 12.3 Å². The monoisotopic (exact) mass is 283 g/mol. The van der Waals surface area contributed by atoms with Gasteiger partial charge in [-0.25, -0.2) is 0 Å². The van der Waals surface area contributed by atoms with Gasteiger partial charge in [-0.05, 0) is 33.8 Å². The van der Waals surface area contributed by atoms with Crippen molar-refractivity contribution >= 4 is 40.3 Å². The fourth-order valence-electron chi connectivity index (χ4n) is 1.30. The van der Waals surface area contributed by atoms with Crippen LogP contribution in [0.4, 0.5) is 0 Å². The first-order valence-electron chi connectivity index (χ1n) is 5.25. The molecule has 0 saturated heterocycles. The fourth-order valence-corrected chi connectivity index (χ4v) is 3.51. The lowest BCUT2D eigenvalue weighted by atomic mass is 10.3. The summed E-state index contributed by atoms with van der Waals surface area (Å²) in [5, 5.41) is 11.0. The minimum absolute atomic E-state index is 0.0300. The van der Waals surface area contributed by atoms with Gasteiger partial charge < -0.3 is 5.32 Å². The largest absolute Gasteiger partial charge is 0.351 e. The number of hydrogen-bond donors (Lipinski definition) is 1.